The molecule has 1 aliphatic heterocycles. The van der Waals surface area contributed by atoms with Crippen LogP contribution in [0.3, 0.4) is 0 Å². The Morgan fingerprint density at radius 2 is 2.06 bits per heavy atom. The minimum atomic E-state index is -0.442. The molecule has 4 nitrogen and oxygen atoms in total. The van der Waals surface area contributed by atoms with Crippen molar-refractivity contribution in [3.8, 4) is 0 Å². The molecule has 2 fully saturated rings. The molecule has 1 heterocycles. The number of hydrogen-bond acceptors (Lipinski definition) is 4. The molecule has 1 N–H and O–H groups in total. The maximum Gasteiger partial charge on any atom is 0.168 e. The van der Waals surface area contributed by atoms with E-state index in [0.29, 0.717) is 13.2 Å². The van der Waals surface area contributed by atoms with Gasteiger partial charge in [0, 0.05) is 24.9 Å². The first-order valence-electron chi connectivity index (χ1n) is 6.49. The molecule has 0 aromatic heterocycles. The van der Waals surface area contributed by atoms with Crippen molar-refractivity contribution in [1.29, 1.82) is 0 Å². The second-order valence-corrected chi connectivity index (χ2v) is 5.50. The summed E-state index contributed by atoms with van der Waals surface area (Å²) in [6.45, 7) is 3.51. The average Bonchev–Trinajstić information content (AvgIpc) is 2.80. The number of ether oxygens (including phenoxy) is 2. The maximum atomic E-state index is 11.3. The highest BCUT2D eigenvalue weighted by Gasteiger charge is 2.49. The molecule has 1 saturated carbocycles. The van der Waals surface area contributed by atoms with E-state index in [4.69, 9.17) is 14.6 Å². The van der Waals surface area contributed by atoms with Gasteiger partial charge in [-0.2, -0.15) is 0 Å². The van der Waals surface area contributed by atoms with E-state index in [9.17, 15) is 4.79 Å². The molecule has 2 rings (SSSR count). The number of rotatable bonds is 4. The van der Waals surface area contributed by atoms with Crippen molar-refractivity contribution < 1.29 is 19.4 Å². The summed E-state index contributed by atoms with van der Waals surface area (Å²) in [5.41, 5.74) is -0.282. The Hall–Kier alpha value is -0.450. The van der Waals surface area contributed by atoms with E-state index in [1.165, 1.54) is 0 Å². The highest BCUT2D eigenvalue weighted by atomic mass is 16.7. The Morgan fingerprint density at radius 1 is 1.35 bits per heavy atom. The summed E-state index contributed by atoms with van der Waals surface area (Å²) in [4.78, 5) is 11.3. The number of aliphatic hydroxyl groups excluding tert-OH is 1. The first kappa shape index (κ1) is 13.0. The van der Waals surface area contributed by atoms with Crippen molar-refractivity contribution in [2.75, 3.05) is 19.8 Å². The number of hydrogen-bond donors (Lipinski definition) is 1. The van der Waals surface area contributed by atoms with Gasteiger partial charge in [-0.05, 0) is 25.2 Å². The zero-order valence-electron chi connectivity index (χ0n) is 10.5. The topological polar surface area (TPSA) is 55.8 Å². The van der Waals surface area contributed by atoms with Gasteiger partial charge in [0.05, 0.1) is 13.2 Å². The van der Waals surface area contributed by atoms with Crippen LogP contribution >= 0.6 is 0 Å². The zero-order chi connectivity index (χ0) is 12.4. The van der Waals surface area contributed by atoms with Crippen molar-refractivity contribution in [3.63, 3.8) is 0 Å². The smallest absolute Gasteiger partial charge is 0.168 e. The van der Waals surface area contributed by atoms with Crippen molar-refractivity contribution >= 4 is 6.29 Å². The predicted molar refractivity (Wildman–Crippen MR) is 62.5 cm³/mol. The first-order chi connectivity index (χ1) is 8.14. The highest BCUT2D eigenvalue weighted by Crippen LogP contribution is 2.48. The van der Waals surface area contributed by atoms with E-state index in [2.05, 4.69) is 0 Å². The maximum absolute atomic E-state index is 11.3. The normalized spacial score (nSPS) is 36.2. The molecule has 0 aromatic rings. The van der Waals surface area contributed by atoms with Crippen LogP contribution in [0.2, 0.25) is 0 Å². The molecule has 2 aliphatic rings. The fourth-order valence-electron chi connectivity index (χ4n) is 3.06. The summed E-state index contributed by atoms with van der Waals surface area (Å²) in [5.74, 6) is -0.193. The van der Waals surface area contributed by atoms with Gasteiger partial charge in [0.15, 0.2) is 5.79 Å². The number of carbonyl (C=O) groups is 1. The molecule has 0 radical (unpaired) electrons. The van der Waals surface area contributed by atoms with Gasteiger partial charge in [-0.15, -0.1) is 0 Å². The summed E-state index contributed by atoms with van der Waals surface area (Å²) >= 11 is 0. The van der Waals surface area contributed by atoms with Crippen LogP contribution in [0.15, 0.2) is 0 Å². The average molecular weight is 242 g/mol. The van der Waals surface area contributed by atoms with Crippen LogP contribution in [0.4, 0.5) is 0 Å². The second kappa shape index (κ2) is 5.04. The van der Waals surface area contributed by atoms with E-state index in [0.717, 1.165) is 38.4 Å². The van der Waals surface area contributed by atoms with Gasteiger partial charge in [0.25, 0.3) is 0 Å². The quantitative estimate of drug-likeness (QED) is 0.759. The Labute approximate surface area is 102 Å². The lowest BCUT2D eigenvalue weighted by Crippen LogP contribution is -2.45. The first-order valence-corrected chi connectivity index (χ1v) is 6.49. The van der Waals surface area contributed by atoms with Crippen LogP contribution in [-0.4, -0.2) is 37.0 Å². The third-order valence-corrected chi connectivity index (χ3v) is 4.33. The summed E-state index contributed by atoms with van der Waals surface area (Å²) in [6, 6.07) is 0. The Bertz CT molecular complexity index is 273. The minimum Gasteiger partial charge on any atom is -0.396 e. The third-order valence-electron chi connectivity index (χ3n) is 4.33. The van der Waals surface area contributed by atoms with Gasteiger partial charge in [0.1, 0.15) is 6.29 Å². The van der Waals surface area contributed by atoms with E-state index in [1.807, 2.05) is 6.92 Å². The summed E-state index contributed by atoms with van der Waals surface area (Å²) in [5, 5.41) is 8.95. The van der Waals surface area contributed by atoms with E-state index >= 15 is 0 Å². The van der Waals surface area contributed by atoms with E-state index in [1.54, 1.807) is 0 Å². The van der Waals surface area contributed by atoms with Crippen molar-refractivity contribution in [1.82, 2.24) is 0 Å². The molecule has 0 bridgehead atoms. The van der Waals surface area contributed by atoms with Crippen LogP contribution in [0, 0.1) is 11.3 Å². The molecule has 1 saturated heterocycles. The van der Waals surface area contributed by atoms with Crippen molar-refractivity contribution in [2.45, 2.75) is 44.8 Å². The predicted octanol–water partition coefficient (Wildman–Crippen LogP) is 1.51. The van der Waals surface area contributed by atoms with Crippen LogP contribution < -0.4 is 0 Å². The van der Waals surface area contributed by atoms with Gasteiger partial charge in [0.2, 0.25) is 0 Å². The van der Waals surface area contributed by atoms with Gasteiger partial charge >= 0.3 is 0 Å². The molecule has 98 valence electrons. The lowest BCUT2D eigenvalue weighted by Gasteiger charge is -2.45. The number of aldehydes is 1. The molecule has 2 atom stereocenters. The SMILES string of the molecule is C[C@]1(C=O)CCC2(C[C@H]1CCCO)OCCO2. The van der Waals surface area contributed by atoms with Crippen molar-refractivity contribution in [3.05, 3.63) is 0 Å². The fourth-order valence-corrected chi connectivity index (χ4v) is 3.06. The third kappa shape index (κ3) is 2.54. The Balaban J connectivity index is 2.06. The minimum absolute atomic E-state index is 0.181. The summed E-state index contributed by atoms with van der Waals surface area (Å²) < 4.78 is 11.5. The van der Waals surface area contributed by atoms with Gasteiger partial charge in [-0.1, -0.05) is 6.92 Å². The fraction of sp³-hybridized carbons (Fsp3) is 0.923. The Kier molecular flexibility index (Phi) is 3.85. The zero-order valence-corrected chi connectivity index (χ0v) is 10.5. The van der Waals surface area contributed by atoms with E-state index in [-0.39, 0.29) is 17.9 Å². The van der Waals surface area contributed by atoms with E-state index < -0.39 is 5.79 Å². The molecule has 1 aliphatic carbocycles. The van der Waals surface area contributed by atoms with Gasteiger partial charge < -0.3 is 19.4 Å². The molecule has 1 spiro atoms. The lowest BCUT2D eigenvalue weighted by molar-refractivity contribution is -0.204. The number of carbonyl (C=O) groups excluding carboxylic acids is 1. The molecular weight excluding hydrogens is 220 g/mol. The lowest BCUT2D eigenvalue weighted by atomic mass is 9.65. The van der Waals surface area contributed by atoms with Gasteiger partial charge in [-0.3, -0.25) is 0 Å². The van der Waals surface area contributed by atoms with Crippen LogP contribution in [0.1, 0.15) is 39.0 Å². The second-order valence-electron chi connectivity index (χ2n) is 5.50. The van der Waals surface area contributed by atoms with Crippen LogP contribution in [0.5, 0.6) is 0 Å². The summed E-state index contributed by atoms with van der Waals surface area (Å²) in [7, 11) is 0. The molecule has 4 heteroatoms. The largest absolute Gasteiger partial charge is 0.396 e. The molecule has 17 heavy (non-hydrogen) atoms. The monoisotopic (exact) mass is 242 g/mol. The number of aliphatic hydroxyl groups is 1. The van der Waals surface area contributed by atoms with Crippen molar-refractivity contribution in [2.24, 2.45) is 11.3 Å². The highest BCUT2D eigenvalue weighted by molar-refractivity contribution is 5.59. The molecule has 0 amide bonds. The van der Waals surface area contributed by atoms with Crippen LogP contribution in [-0.2, 0) is 14.3 Å². The molecule has 0 unspecified atom stereocenters. The standard InChI is InChI=1S/C13H22O4/c1-12(10-15)4-5-13(16-7-8-17-13)9-11(12)3-2-6-14/h10-11,14H,2-9H2,1H3/t11-,12-/m1/s1. The summed E-state index contributed by atoms with van der Waals surface area (Å²) in [6.07, 6.45) is 5.08. The Morgan fingerprint density at radius 3 is 2.65 bits per heavy atom. The van der Waals surface area contributed by atoms with Gasteiger partial charge in [-0.25, -0.2) is 0 Å². The van der Waals surface area contributed by atoms with Crippen LogP contribution in [0.25, 0.3) is 0 Å². The molecule has 0 aromatic carbocycles. The molecular formula is C13H22O4.